The van der Waals surface area contributed by atoms with Gasteiger partial charge in [0.2, 0.25) is 0 Å². The fourth-order valence-corrected chi connectivity index (χ4v) is 3.15. The molecule has 1 atom stereocenters. The quantitative estimate of drug-likeness (QED) is 0.837. The molecule has 0 aliphatic carbocycles. The molecule has 2 N–H and O–H groups in total. The highest BCUT2D eigenvalue weighted by atomic mass is 32.2. The van der Waals surface area contributed by atoms with Crippen molar-refractivity contribution in [3.05, 3.63) is 29.3 Å². The number of aliphatic hydroxyl groups excluding tert-OH is 1. The number of likely N-dealkylation sites (tertiary alicyclic amines) is 1. The van der Waals surface area contributed by atoms with E-state index < -0.39 is 0 Å². The Hall–Kier alpha value is -1.20. The second kappa shape index (κ2) is 6.99. The van der Waals surface area contributed by atoms with E-state index in [0.29, 0.717) is 13.1 Å². The Kier molecular flexibility index (Phi) is 5.31. The van der Waals surface area contributed by atoms with Crippen molar-refractivity contribution in [2.45, 2.75) is 24.8 Å². The van der Waals surface area contributed by atoms with Gasteiger partial charge in [-0.15, -0.1) is 11.8 Å². The van der Waals surface area contributed by atoms with Crippen LogP contribution in [0, 0.1) is 12.8 Å². The van der Waals surface area contributed by atoms with Crippen LogP contribution >= 0.6 is 11.8 Å². The van der Waals surface area contributed by atoms with Crippen LogP contribution in [0.3, 0.4) is 0 Å². The third-order valence-electron chi connectivity index (χ3n) is 3.70. The monoisotopic (exact) mass is 294 g/mol. The van der Waals surface area contributed by atoms with Gasteiger partial charge in [0.15, 0.2) is 0 Å². The Morgan fingerprint density at radius 1 is 1.55 bits per heavy atom. The van der Waals surface area contributed by atoms with Crippen molar-refractivity contribution in [3.63, 3.8) is 0 Å². The number of thioether (sulfide) groups is 1. The molecule has 0 radical (unpaired) electrons. The number of urea groups is 1. The van der Waals surface area contributed by atoms with E-state index in [0.717, 1.165) is 18.5 Å². The van der Waals surface area contributed by atoms with E-state index >= 15 is 0 Å². The summed E-state index contributed by atoms with van der Waals surface area (Å²) in [5, 5.41) is 12.1. The van der Waals surface area contributed by atoms with Gasteiger partial charge < -0.3 is 15.3 Å². The summed E-state index contributed by atoms with van der Waals surface area (Å²) in [7, 11) is 0. The predicted octanol–water partition coefficient (Wildman–Crippen LogP) is 2.24. The van der Waals surface area contributed by atoms with E-state index in [2.05, 4.69) is 30.4 Å². The van der Waals surface area contributed by atoms with Gasteiger partial charge in [-0.3, -0.25) is 0 Å². The topological polar surface area (TPSA) is 52.6 Å². The smallest absolute Gasteiger partial charge is 0.317 e. The molecule has 1 saturated heterocycles. The lowest BCUT2D eigenvalue weighted by Crippen LogP contribution is -2.38. The van der Waals surface area contributed by atoms with Gasteiger partial charge in [0.25, 0.3) is 0 Å². The summed E-state index contributed by atoms with van der Waals surface area (Å²) in [5.74, 6) is 0.238. The zero-order valence-electron chi connectivity index (χ0n) is 12.1. The maximum atomic E-state index is 12.1. The first kappa shape index (κ1) is 15.2. The molecule has 1 unspecified atom stereocenters. The lowest BCUT2D eigenvalue weighted by Gasteiger charge is -2.18. The van der Waals surface area contributed by atoms with E-state index in [1.807, 2.05) is 6.26 Å². The highest BCUT2D eigenvalue weighted by Gasteiger charge is 2.25. The number of aryl methyl sites for hydroxylation is 1. The number of amides is 2. The maximum Gasteiger partial charge on any atom is 0.317 e. The molecular formula is C15H22N2O2S. The van der Waals surface area contributed by atoms with E-state index in [1.54, 1.807) is 16.7 Å². The number of carbonyl (C=O) groups is 1. The molecule has 1 heterocycles. The van der Waals surface area contributed by atoms with Gasteiger partial charge in [-0.1, -0.05) is 12.1 Å². The summed E-state index contributed by atoms with van der Waals surface area (Å²) < 4.78 is 0. The zero-order chi connectivity index (χ0) is 14.5. The van der Waals surface area contributed by atoms with Gasteiger partial charge in [-0.25, -0.2) is 4.79 Å². The van der Waals surface area contributed by atoms with Crippen LogP contribution in [0.5, 0.6) is 0 Å². The second-order valence-electron chi connectivity index (χ2n) is 5.26. The molecule has 0 saturated carbocycles. The molecule has 1 aromatic carbocycles. The van der Waals surface area contributed by atoms with Crippen LogP contribution in [0.2, 0.25) is 0 Å². The molecule has 5 heteroatoms. The van der Waals surface area contributed by atoms with E-state index in [-0.39, 0.29) is 18.6 Å². The average molecular weight is 294 g/mol. The first-order chi connectivity index (χ1) is 9.63. The van der Waals surface area contributed by atoms with E-state index in [9.17, 15) is 4.79 Å². The molecule has 0 bridgehead atoms. The minimum Gasteiger partial charge on any atom is -0.396 e. The third-order valence-corrected chi connectivity index (χ3v) is 4.52. The Bertz CT molecular complexity index is 479. The van der Waals surface area contributed by atoms with Crippen LogP contribution in [0.1, 0.15) is 17.5 Å². The summed E-state index contributed by atoms with van der Waals surface area (Å²) in [6.07, 6.45) is 2.94. The Balaban J connectivity index is 1.90. The van der Waals surface area contributed by atoms with Crippen molar-refractivity contribution >= 4 is 17.8 Å². The molecule has 20 heavy (non-hydrogen) atoms. The van der Waals surface area contributed by atoms with Crippen molar-refractivity contribution in [2.24, 2.45) is 5.92 Å². The minimum absolute atomic E-state index is 0.0337. The number of nitrogens with zero attached hydrogens (tertiary/aromatic N) is 1. The van der Waals surface area contributed by atoms with Crippen molar-refractivity contribution < 1.29 is 9.90 Å². The van der Waals surface area contributed by atoms with Crippen LogP contribution in [0.4, 0.5) is 4.79 Å². The molecule has 2 amide bonds. The summed E-state index contributed by atoms with van der Waals surface area (Å²) >= 11 is 1.70. The average Bonchev–Trinajstić information content (AvgIpc) is 2.94. The van der Waals surface area contributed by atoms with E-state index in [4.69, 9.17) is 5.11 Å². The zero-order valence-corrected chi connectivity index (χ0v) is 12.9. The molecule has 4 nitrogen and oxygen atoms in total. The molecular weight excluding hydrogens is 272 g/mol. The van der Waals surface area contributed by atoms with Crippen LogP contribution in [0.25, 0.3) is 0 Å². The summed E-state index contributed by atoms with van der Waals surface area (Å²) in [6, 6.07) is 6.25. The minimum atomic E-state index is -0.0337. The summed E-state index contributed by atoms with van der Waals surface area (Å²) in [6.45, 7) is 4.18. The number of hydrogen-bond donors (Lipinski definition) is 2. The molecule has 1 aliphatic rings. The Labute approximate surface area is 124 Å². The summed E-state index contributed by atoms with van der Waals surface area (Å²) in [4.78, 5) is 15.1. The number of rotatable bonds is 4. The van der Waals surface area contributed by atoms with Crippen LogP contribution in [-0.2, 0) is 6.54 Å². The fraction of sp³-hybridized carbons (Fsp3) is 0.533. The number of carbonyl (C=O) groups excluding carboxylic acids is 1. The van der Waals surface area contributed by atoms with Crippen molar-refractivity contribution in [1.82, 2.24) is 10.2 Å². The first-order valence-electron chi connectivity index (χ1n) is 6.91. The van der Waals surface area contributed by atoms with Crippen LogP contribution < -0.4 is 5.32 Å². The lowest BCUT2D eigenvalue weighted by atomic mass is 10.1. The fourth-order valence-electron chi connectivity index (χ4n) is 2.45. The highest BCUT2D eigenvalue weighted by molar-refractivity contribution is 7.98. The normalized spacial score (nSPS) is 18.4. The number of hydrogen-bond acceptors (Lipinski definition) is 3. The first-order valence-corrected chi connectivity index (χ1v) is 8.13. The van der Waals surface area contributed by atoms with E-state index in [1.165, 1.54) is 10.5 Å². The van der Waals surface area contributed by atoms with Gasteiger partial charge in [0, 0.05) is 37.1 Å². The van der Waals surface area contributed by atoms with Gasteiger partial charge in [0.1, 0.15) is 0 Å². The highest BCUT2D eigenvalue weighted by Crippen LogP contribution is 2.22. The number of nitrogens with one attached hydrogen (secondary N) is 1. The molecule has 1 aromatic rings. The van der Waals surface area contributed by atoms with Crippen molar-refractivity contribution in [3.8, 4) is 0 Å². The van der Waals surface area contributed by atoms with Gasteiger partial charge in [0.05, 0.1) is 0 Å². The maximum absolute atomic E-state index is 12.1. The molecule has 0 spiro atoms. The van der Waals surface area contributed by atoms with Gasteiger partial charge >= 0.3 is 6.03 Å². The Morgan fingerprint density at radius 3 is 3.00 bits per heavy atom. The molecule has 1 aliphatic heterocycles. The SMILES string of the molecule is CSc1cc(C)ccc1CNC(=O)N1CCC(CO)C1. The van der Waals surface area contributed by atoms with Crippen LogP contribution in [-0.4, -0.2) is 42.0 Å². The number of benzene rings is 1. The predicted molar refractivity (Wildman–Crippen MR) is 82.0 cm³/mol. The number of aliphatic hydroxyl groups is 1. The van der Waals surface area contributed by atoms with Crippen molar-refractivity contribution in [1.29, 1.82) is 0 Å². The second-order valence-corrected chi connectivity index (χ2v) is 6.11. The summed E-state index contributed by atoms with van der Waals surface area (Å²) in [5.41, 5.74) is 2.38. The van der Waals surface area contributed by atoms with Crippen LogP contribution in [0.15, 0.2) is 23.1 Å². The molecule has 2 rings (SSSR count). The van der Waals surface area contributed by atoms with Gasteiger partial charge in [-0.05, 0) is 36.8 Å². The third kappa shape index (κ3) is 3.67. The molecule has 110 valence electrons. The van der Waals surface area contributed by atoms with Crippen molar-refractivity contribution in [2.75, 3.05) is 26.0 Å². The standard InChI is InChI=1S/C15H22N2O2S/c1-11-3-4-13(14(7-11)20-2)8-16-15(19)17-6-5-12(9-17)10-18/h3-4,7,12,18H,5-6,8-10H2,1-2H3,(H,16,19). The molecule has 1 fully saturated rings. The largest absolute Gasteiger partial charge is 0.396 e. The van der Waals surface area contributed by atoms with Gasteiger partial charge in [-0.2, -0.15) is 0 Å². The molecule has 0 aromatic heterocycles. The lowest BCUT2D eigenvalue weighted by molar-refractivity contribution is 0.198. The Morgan fingerprint density at radius 2 is 2.35 bits per heavy atom.